The van der Waals surface area contributed by atoms with Crippen LogP contribution in [0, 0.1) is 30.3 Å². The van der Waals surface area contributed by atoms with Gasteiger partial charge in [0.2, 0.25) is 0 Å². The molecule has 3 aromatic rings. The summed E-state index contributed by atoms with van der Waals surface area (Å²) in [5, 5.41) is 46.3. The molecule has 3 fully saturated rings. The Bertz CT molecular complexity index is 1710. The van der Waals surface area contributed by atoms with Gasteiger partial charge in [0.1, 0.15) is 0 Å². The molecule has 54 heavy (non-hydrogen) atoms. The average Bonchev–Trinajstić information content (AvgIpc) is 3.19. The number of rotatable bonds is 6. The van der Waals surface area contributed by atoms with E-state index in [1.807, 2.05) is 7.05 Å². The lowest BCUT2D eigenvalue weighted by Crippen LogP contribution is -2.47. The number of nitro groups is 3. The first-order valence-electron chi connectivity index (χ1n) is 17.1. The summed E-state index contributed by atoms with van der Waals surface area (Å²) in [4.78, 5) is 72.3. The van der Waals surface area contributed by atoms with Gasteiger partial charge in [-0.1, -0.05) is 12.1 Å². The number of carboxylic acids is 1. The van der Waals surface area contributed by atoms with E-state index in [4.69, 9.17) is 5.11 Å². The van der Waals surface area contributed by atoms with Crippen molar-refractivity contribution in [2.45, 2.75) is 0 Å². The molecule has 3 aromatic carbocycles. The van der Waals surface area contributed by atoms with Crippen LogP contribution in [0.25, 0.3) is 0 Å². The van der Waals surface area contributed by atoms with Crippen molar-refractivity contribution in [3.8, 4) is 0 Å². The molecule has 0 bridgehead atoms. The molecule has 0 radical (unpaired) electrons. The largest absolute Gasteiger partial charge is 0.478 e. The van der Waals surface area contributed by atoms with Crippen molar-refractivity contribution in [1.82, 2.24) is 30.2 Å². The van der Waals surface area contributed by atoms with E-state index < -0.39 is 20.7 Å². The first-order valence-corrected chi connectivity index (χ1v) is 17.1. The highest BCUT2D eigenvalue weighted by Gasteiger charge is 2.22. The molecule has 0 unspecified atom stereocenters. The van der Waals surface area contributed by atoms with Crippen LogP contribution < -0.4 is 10.6 Å². The van der Waals surface area contributed by atoms with Crippen molar-refractivity contribution in [2.24, 2.45) is 0 Å². The van der Waals surface area contributed by atoms with Gasteiger partial charge < -0.3 is 35.3 Å². The first kappa shape index (κ1) is 42.5. The van der Waals surface area contributed by atoms with Gasteiger partial charge in [-0.15, -0.1) is 0 Å². The minimum absolute atomic E-state index is 0.0422. The van der Waals surface area contributed by atoms with E-state index in [1.165, 1.54) is 55.6 Å². The fourth-order valence-corrected chi connectivity index (χ4v) is 5.25. The minimum Gasteiger partial charge on any atom is -0.478 e. The minimum atomic E-state index is -1.09. The molecule has 3 saturated heterocycles. The number of carboxylic acid groups (broad SMARTS) is 1. The average molecular weight is 752 g/mol. The number of non-ortho nitro benzene ring substituents is 3. The SMILES string of the molecule is CN1CCN(C(=O)c2cccc([N+](=O)[O-])c2)CC1.CN1CCNCC1.O=C(O)c1ccc([N+](=O)[O-])cc1.O=C(c1cccc([N+](=O)[O-])c1)N1CCNCC1. The van der Waals surface area contributed by atoms with Crippen LogP contribution in [0.1, 0.15) is 31.1 Å². The molecule has 6 rings (SSSR count). The van der Waals surface area contributed by atoms with Gasteiger partial charge in [0.05, 0.1) is 20.3 Å². The van der Waals surface area contributed by atoms with Gasteiger partial charge in [-0.3, -0.25) is 39.9 Å². The van der Waals surface area contributed by atoms with Crippen LogP contribution in [0.4, 0.5) is 17.1 Å². The quantitative estimate of drug-likeness (QED) is 0.242. The monoisotopic (exact) mass is 751 g/mol. The predicted octanol–water partition coefficient (Wildman–Crippen LogP) is 2.44. The van der Waals surface area contributed by atoms with Crippen molar-refractivity contribution in [1.29, 1.82) is 0 Å². The van der Waals surface area contributed by atoms with E-state index in [1.54, 1.807) is 28.0 Å². The smallest absolute Gasteiger partial charge is 0.335 e. The van der Waals surface area contributed by atoms with Crippen LogP contribution in [0.2, 0.25) is 0 Å². The summed E-state index contributed by atoms with van der Waals surface area (Å²) in [6.07, 6.45) is 0. The predicted molar refractivity (Wildman–Crippen MR) is 199 cm³/mol. The zero-order valence-electron chi connectivity index (χ0n) is 30.2. The summed E-state index contributed by atoms with van der Waals surface area (Å²) in [5.74, 6) is -1.37. The summed E-state index contributed by atoms with van der Waals surface area (Å²) in [7, 11) is 4.16. The topological polar surface area (TPSA) is 238 Å². The molecule has 19 heteroatoms. The number of hydrogen-bond acceptors (Lipinski definition) is 13. The number of hydrogen-bond donors (Lipinski definition) is 3. The molecule has 2 amide bonds. The standard InChI is InChI=1S/C12H15N3O3.C11H13N3O3.C7H5NO4.C5H12N2/c1-13-5-7-14(8-6-13)12(16)10-3-2-4-11(9-10)15(17)18;15-11(13-6-4-12-5-7-13)9-2-1-3-10(8-9)14(16)17;9-7(10)5-1-3-6(4-2-5)8(11)12;1-7-4-2-6-3-5-7/h2-4,9H,5-8H2,1H3;1-3,8,12H,4-7H2;1-4H,(H,9,10);6H,2-5H2,1H3. The van der Waals surface area contributed by atoms with Gasteiger partial charge in [0.25, 0.3) is 28.9 Å². The highest BCUT2D eigenvalue weighted by molar-refractivity contribution is 5.95. The number of amides is 2. The van der Waals surface area contributed by atoms with Crippen molar-refractivity contribution in [2.75, 3.05) is 92.6 Å². The Morgan fingerprint density at radius 2 is 0.926 bits per heavy atom. The molecular formula is C35H45N9O10. The highest BCUT2D eigenvalue weighted by atomic mass is 16.6. The number of nitro benzene ring substituents is 3. The Morgan fingerprint density at radius 1 is 0.537 bits per heavy atom. The van der Waals surface area contributed by atoms with E-state index in [0.717, 1.165) is 51.4 Å². The normalized spacial score (nSPS) is 15.8. The van der Waals surface area contributed by atoms with E-state index >= 15 is 0 Å². The van der Waals surface area contributed by atoms with Gasteiger partial charge in [-0.2, -0.15) is 0 Å². The highest BCUT2D eigenvalue weighted by Crippen LogP contribution is 2.17. The molecule has 290 valence electrons. The van der Waals surface area contributed by atoms with Crippen LogP contribution >= 0.6 is 0 Å². The van der Waals surface area contributed by atoms with Gasteiger partial charge >= 0.3 is 5.97 Å². The number of piperazine rings is 3. The number of nitrogens with zero attached hydrogens (tertiary/aromatic N) is 7. The number of aromatic carboxylic acids is 1. The van der Waals surface area contributed by atoms with Crippen molar-refractivity contribution in [3.05, 3.63) is 120 Å². The maximum atomic E-state index is 12.2. The molecule has 3 aliphatic rings. The summed E-state index contributed by atoms with van der Waals surface area (Å²) in [6, 6.07) is 16.4. The molecule has 0 aliphatic carbocycles. The van der Waals surface area contributed by atoms with E-state index in [9.17, 15) is 44.7 Å². The van der Waals surface area contributed by atoms with Crippen molar-refractivity contribution < 1.29 is 34.3 Å². The molecule has 3 heterocycles. The molecule has 0 aromatic heterocycles. The van der Waals surface area contributed by atoms with Crippen LogP contribution in [-0.2, 0) is 0 Å². The van der Waals surface area contributed by atoms with Crippen LogP contribution in [0.3, 0.4) is 0 Å². The van der Waals surface area contributed by atoms with E-state index in [2.05, 4.69) is 27.5 Å². The molecule has 19 nitrogen and oxygen atoms in total. The fourth-order valence-electron chi connectivity index (χ4n) is 5.25. The third-order valence-electron chi connectivity index (χ3n) is 8.47. The number of benzene rings is 3. The number of carbonyl (C=O) groups is 3. The molecule has 3 N–H and O–H groups in total. The van der Waals surface area contributed by atoms with Crippen LogP contribution in [0.5, 0.6) is 0 Å². The molecule has 0 saturated carbocycles. The van der Waals surface area contributed by atoms with Crippen molar-refractivity contribution >= 4 is 34.8 Å². The van der Waals surface area contributed by atoms with E-state index in [-0.39, 0.29) is 34.4 Å². The summed E-state index contributed by atoms with van der Waals surface area (Å²) in [6.45, 7) is 10.6. The lowest BCUT2D eigenvalue weighted by atomic mass is 10.1. The Morgan fingerprint density at radius 3 is 1.30 bits per heavy atom. The number of carbonyl (C=O) groups excluding carboxylic acids is 2. The Labute approximate surface area is 311 Å². The second-order valence-corrected chi connectivity index (χ2v) is 12.4. The van der Waals surface area contributed by atoms with Crippen molar-refractivity contribution in [3.63, 3.8) is 0 Å². The molecule has 3 aliphatic heterocycles. The lowest BCUT2D eigenvalue weighted by Gasteiger charge is -2.32. The van der Waals surface area contributed by atoms with E-state index in [0.29, 0.717) is 37.3 Å². The van der Waals surface area contributed by atoms with Crippen LogP contribution in [-0.4, -0.2) is 150 Å². The Balaban J connectivity index is 0.000000203. The number of likely N-dealkylation sites (N-methyl/N-ethyl adjacent to an activating group) is 2. The maximum Gasteiger partial charge on any atom is 0.335 e. The summed E-state index contributed by atoms with van der Waals surface area (Å²) in [5.41, 5.74) is 0.594. The van der Waals surface area contributed by atoms with Gasteiger partial charge in [0, 0.05) is 126 Å². The third kappa shape index (κ3) is 13.9. The Kier molecular flexibility index (Phi) is 17.0. The van der Waals surface area contributed by atoms with Gasteiger partial charge in [-0.25, -0.2) is 4.79 Å². The molecule has 0 spiro atoms. The molecule has 0 atom stereocenters. The summed E-state index contributed by atoms with van der Waals surface area (Å²) < 4.78 is 0. The van der Waals surface area contributed by atoms with Gasteiger partial charge in [-0.05, 0) is 38.4 Å². The zero-order chi connectivity index (χ0) is 39.6. The van der Waals surface area contributed by atoms with Gasteiger partial charge in [0.15, 0.2) is 0 Å². The summed E-state index contributed by atoms with van der Waals surface area (Å²) >= 11 is 0. The maximum absolute atomic E-state index is 12.2. The fraction of sp³-hybridized carbons (Fsp3) is 0.400. The second-order valence-electron chi connectivity index (χ2n) is 12.4. The zero-order valence-corrected chi connectivity index (χ0v) is 30.2. The lowest BCUT2D eigenvalue weighted by molar-refractivity contribution is -0.385. The number of nitrogens with one attached hydrogen (secondary N) is 2. The molecular weight excluding hydrogens is 706 g/mol. The Hall–Kier alpha value is -5.89. The first-order chi connectivity index (χ1) is 25.8. The second kappa shape index (κ2) is 21.6. The van der Waals surface area contributed by atoms with Crippen LogP contribution in [0.15, 0.2) is 72.8 Å². The third-order valence-corrected chi connectivity index (χ3v) is 8.47.